The van der Waals surface area contributed by atoms with Crippen molar-refractivity contribution in [3.8, 4) is 0 Å². The van der Waals surface area contributed by atoms with E-state index in [2.05, 4.69) is 0 Å². The van der Waals surface area contributed by atoms with E-state index in [1.165, 1.54) is 33.5 Å². The van der Waals surface area contributed by atoms with Crippen LogP contribution in [0.5, 0.6) is 0 Å². The summed E-state index contributed by atoms with van der Waals surface area (Å²) in [6.45, 7) is 5.81. The third kappa shape index (κ3) is 5.39. The maximum atomic E-state index is 13.7. The molecule has 10 nitrogen and oxygen atoms in total. The minimum Gasteiger partial charge on any atom is -0.465 e. The van der Waals surface area contributed by atoms with Gasteiger partial charge in [0.2, 0.25) is 10.0 Å². The van der Waals surface area contributed by atoms with Crippen molar-refractivity contribution in [3.05, 3.63) is 60.2 Å². The first-order valence-electron chi connectivity index (χ1n) is 12.8. The summed E-state index contributed by atoms with van der Waals surface area (Å²) in [7, 11) is -4.02. The van der Waals surface area contributed by atoms with Crippen LogP contribution in [0.3, 0.4) is 0 Å². The van der Waals surface area contributed by atoms with E-state index < -0.39 is 40.1 Å². The number of nitrogens with two attached hydrogens (primary N) is 1. The Morgan fingerprint density at radius 3 is 2.37 bits per heavy atom. The molecule has 11 heteroatoms. The molecule has 2 heterocycles. The van der Waals surface area contributed by atoms with Crippen molar-refractivity contribution in [1.29, 1.82) is 0 Å². The van der Waals surface area contributed by atoms with E-state index in [0.29, 0.717) is 24.3 Å². The second-order valence-corrected chi connectivity index (χ2v) is 12.5. The van der Waals surface area contributed by atoms with Crippen molar-refractivity contribution in [2.75, 3.05) is 32.0 Å². The monoisotopic (exact) mass is 547 g/mol. The maximum absolute atomic E-state index is 13.7. The number of anilines is 1. The van der Waals surface area contributed by atoms with Gasteiger partial charge in [0.15, 0.2) is 6.29 Å². The lowest BCUT2D eigenvalue weighted by atomic mass is 9.81. The van der Waals surface area contributed by atoms with E-state index in [1.54, 1.807) is 37.3 Å². The molecule has 4 rings (SSSR count). The van der Waals surface area contributed by atoms with Gasteiger partial charge in [0.05, 0.1) is 35.8 Å². The lowest BCUT2D eigenvalue weighted by molar-refractivity contribution is -0.0909. The van der Waals surface area contributed by atoms with Crippen molar-refractivity contribution in [1.82, 2.24) is 9.21 Å². The van der Waals surface area contributed by atoms with Crippen molar-refractivity contribution in [2.45, 2.75) is 56.1 Å². The average molecular weight is 548 g/mol. The number of ether oxygens (including phenoxy) is 2. The zero-order valence-corrected chi connectivity index (χ0v) is 22.8. The van der Waals surface area contributed by atoms with Crippen LogP contribution in [0.4, 0.5) is 10.5 Å². The van der Waals surface area contributed by atoms with E-state index in [9.17, 15) is 23.4 Å². The highest BCUT2D eigenvalue weighted by Crippen LogP contribution is 2.42. The molecule has 4 N–H and O–H groups in total. The Kier molecular flexibility index (Phi) is 8.34. The number of aliphatic hydroxyl groups is 1. The summed E-state index contributed by atoms with van der Waals surface area (Å²) in [4.78, 5) is 14.2. The molecule has 5 atom stereocenters. The lowest BCUT2D eigenvalue weighted by Crippen LogP contribution is -2.62. The number of carboxylic acid groups (broad SMARTS) is 1. The van der Waals surface area contributed by atoms with Gasteiger partial charge in [0, 0.05) is 24.7 Å². The van der Waals surface area contributed by atoms with Crippen LogP contribution < -0.4 is 5.73 Å². The van der Waals surface area contributed by atoms with Crippen molar-refractivity contribution >= 4 is 21.8 Å². The van der Waals surface area contributed by atoms with Crippen LogP contribution >= 0.6 is 0 Å². The van der Waals surface area contributed by atoms with E-state index >= 15 is 0 Å². The Labute approximate surface area is 224 Å². The van der Waals surface area contributed by atoms with Gasteiger partial charge in [-0.2, -0.15) is 4.31 Å². The van der Waals surface area contributed by atoms with E-state index in [4.69, 9.17) is 15.2 Å². The minimum atomic E-state index is -4.02. The molecule has 2 aromatic carbocycles. The van der Waals surface area contributed by atoms with Crippen molar-refractivity contribution in [2.24, 2.45) is 11.8 Å². The Morgan fingerprint density at radius 1 is 1.11 bits per heavy atom. The van der Waals surface area contributed by atoms with Crippen molar-refractivity contribution in [3.63, 3.8) is 0 Å². The Balaban J connectivity index is 1.76. The topological polar surface area (TPSA) is 143 Å². The number of carbonyl (C=O) groups is 1. The number of hydrogen-bond acceptors (Lipinski definition) is 7. The molecule has 2 aliphatic heterocycles. The molecule has 2 aromatic rings. The highest BCUT2D eigenvalue weighted by molar-refractivity contribution is 7.89. The van der Waals surface area contributed by atoms with Gasteiger partial charge in [-0.05, 0) is 49.1 Å². The Hall–Kier alpha value is -2.70. The zero-order valence-electron chi connectivity index (χ0n) is 21.9. The van der Waals surface area contributed by atoms with Gasteiger partial charge in [-0.25, -0.2) is 13.2 Å². The van der Waals surface area contributed by atoms with Gasteiger partial charge < -0.3 is 25.4 Å². The predicted octanol–water partition coefficient (Wildman–Crippen LogP) is 2.93. The van der Waals surface area contributed by atoms with Crippen molar-refractivity contribution < 1.29 is 32.9 Å². The molecule has 1 amide bonds. The van der Waals surface area contributed by atoms with Gasteiger partial charge in [0.1, 0.15) is 0 Å². The smallest absolute Gasteiger partial charge is 0.408 e. The number of aliphatic hydroxyl groups excluding tert-OH is 1. The molecule has 0 unspecified atom stereocenters. The zero-order chi connectivity index (χ0) is 27.7. The molecule has 0 aliphatic carbocycles. The molecule has 38 heavy (non-hydrogen) atoms. The fraction of sp³-hybridized carbons (Fsp3) is 0.519. The third-order valence-corrected chi connectivity index (χ3v) is 9.36. The highest BCUT2D eigenvalue weighted by atomic mass is 32.2. The summed E-state index contributed by atoms with van der Waals surface area (Å²) < 4.78 is 40.0. The quantitative estimate of drug-likeness (QED) is 0.386. The maximum Gasteiger partial charge on any atom is 0.408 e. The molecule has 0 spiro atoms. The number of benzene rings is 2. The Bertz CT molecular complexity index is 1210. The molecule has 0 saturated carbocycles. The van der Waals surface area contributed by atoms with Gasteiger partial charge in [0.25, 0.3) is 0 Å². The molecular formula is C27H37N3O7S. The summed E-state index contributed by atoms with van der Waals surface area (Å²) in [6.07, 6.45) is -2.51. The van der Waals surface area contributed by atoms with Gasteiger partial charge in [-0.15, -0.1) is 0 Å². The molecule has 2 saturated heterocycles. The van der Waals surface area contributed by atoms with Crippen LogP contribution in [0.1, 0.15) is 32.8 Å². The fourth-order valence-electron chi connectivity index (χ4n) is 5.50. The van der Waals surface area contributed by atoms with Crippen LogP contribution in [0.2, 0.25) is 0 Å². The summed E-state index contributed by atoms with van der Waals surface area (Å²) in [5.41, 5.74) is 5.24. The number of amides is 1. The number of nitrogens with zero attached hydrogens (tertiary/aromatic N) is 2. The standard InChI is InChI=1S/C27H37N3O7S/c1-18(2)15-29(38(34,35)21-11-9-20(28)10-12-21)16-24(31)27(3,19-7-5-4-6-8-19)30(26(32)33)23-17-37-25-22(23)13-14-36-25/h4-12,18,22-25,31H,13-17,28H2,1-3H3,(H,32,33)/t22-,23-,24+,25+,27-/m0/s1. The summed E-state index contributed by atoms with van der Waals surface area (Å²) in [6, 6.07) is 14.1. The predicted molar refractivity (Wildman–Crippen MR) is 142 cm³/mol. The van der Waals surface area contributed by atoms with Crippen LogP contribution in [-0.2, 0) is 25.0 Å². The van der Waals surface area contributed by atoms with Crippen LogP contribution in [0.25, 0.3) is 0 Å². The number of sulfonamides is 1. The van der Waals surface area contributed by atoms with E-state index in [-0.39, 0.29) is 36.4 Å². The normalized spacial score (nSPS) is 23.8. The van der Waals surface area contributed by atoms with Crippen LogP contribution in [-0.4, -0.2) is 78.7 Å². The largest absolute Gasteiger partial charge is 0.465 e. The molecule has 2 aliphatic rings. The third-order valence-electron chi connectivity index (χ3n) is 7.52. The summed E-state index contributed by atoms with van der Waals surface area (Å²) in [5.74, 6) is -0.240. The first kappa shape index (κ1) is 28.3. The first-order chi connectivity index (χ1) is 18.0. The molecule has 2 fully saturated rings. The molecular weight excluding hydrogens is 510 g/mol. The Morgan fingerprint density at radius 2 is 1.76 bits per heavy atom. The number of hydrogen-bond donors (Lipinski definition) is 3. The second kappa shape index (κ2) is 11.2. The SMILES string of the molecule is CC(C)CN(C[C@@H](O)[C@](C)(c1ccccc1)N(C(=O)O)[C@H]1CO[C@H]2OCC[C@H]21)S(=O)(=O)c1ccc(N)cc1. The highest BCUT2D eigenvalue weighted by Gasteiger charge is 2.54. The van der Waals surface area contributed by atoms with Gasteiger partial charge >= 0.3 is 6.09 Å². The van der Waals surface area contributed by atoms with Crippen LogP contribution in [0, 0.1) is 11.8 Å². The van der Waals surface area contributed by atoms with Gasteiger partial charge in [-0.3, -0.25) is 4.90 Å². The number of nitrogen functional groups attached to an aromatic ring is 1. The summed E-state index contributed by atoms with van der Waals surface area (Å²) in [5, 5.41) is 22.4. The van der Waals surface area contributed by atoms with E-state index in [0.717, 1.165) is 0 Å². The number of fused-ring (bicyclic) bond motifs is 1. The fourth-order valence-corrected chi connectivity index (χ4v) is 7.11. The minimum absolute atomic E-state index is 0.0474. The molecule has 0 aromatic heterocycles. The average Bonchev–Trinajstić information content (AvgIpc) is 3.49. The molecule has 0 bridgehead atoms. The lowest BCUT2D eigenvalue weighted by Gasteiger charge is -2.47. The van der Waals surface area contributed by atoms with E-state index in [1.807, 2.05) is 13.8 Å². The second-order valence-electron chi connectivity index (χ2n) is 10.6. The molecule has 208 valence electrons. The number of rotatable bonds is 10. The summed E-state index contributed by atoms with van der Waals surface area (Å²) >= 11 is 0. The van der Waals surface area contributed by atoms with Gasteiger partial charge in [-0.1, -0.05) is 44.2 Å². The van der Waals surface area contributed by atoms with Crippen LogP contribution in [0.15, 0.2) is 59.5 Å². The first-order valence-corrected chi connectivity index (χ1v) is 14.2. The molecule has 0 radical (unpaired) electrons.